The number of rotatable bonds is 7. The van der Waals surface area contributed by atoms with E-state index in [-0.39, 0.29) is 29.1 Å². The van der Waals surface area contributed by atoms with Crippen molar-refractivity contribution in [3.63, 3.8) is 0 Å². The van der Waals surface area contributed by atoms with E-state index in [0.29, 0.717) is 21.3 Å². The molecule has 0 saturated carbocycles. The molecule has 1 fully saturated rings. The van der Waals surface area contributed by atoms with Crippen LogP contribution < -0.4 is 15.0 Å². The average molecular weight is 580 g/mol. The van der Waals surface area contributed by atoms with Gasteiger partial charge >= 0.3 is 12.0 Å². The molecule has 1 heterocycles. The first-order chi connectivity index (χ1) is 18.2. The van der Waals surface area contributed by atoms with E-state index in [0.717, 1.165) is 4.90 Å². The van der Waals surface area contributed by atoms with Crippen LogP contribution in [0.4, 0.5) is 16.2 Å². The molecule has 4 amide bonds. The summed E-state index contributed by atoms with van der Waals surface area (Å²) in [4.78, 5) is 61.2. The number of imide groups is 2. The van der Waals surface area contributed by atoms with Gasteiger partial charge in [0, 0.05) is 22.2 Å². The second kappa shape index (κ2) is 11.0. The molecule has 192 valence electrons. The van der Waals surface area contributed by atoms with Crippen molar-refractivity contribution in [2.45, 2.75) is 6.61 Å². The van der Waals surface area contributed by atoms with E-state index in [9.17, 15) is 29.3 Å². The lowest BCUT2D eigenvalue weighted by Crippen LogP contribution is -2.54. The molecule has 11 nitrogen and oxygen atoms in total. The molecule has 0 bridgehead atoms. The smallest absolute Gasteiger partial charge is 0.337 e. The number of urea groups is 1. The zero-order valence-electron chi connectivity index (χ0n) is 19.7. The Morgan fingerprint density at radius 3 is 2.37 bits per heavy atom. The first-order valence-electron chi connectivity index (χ1n) is 10.9. The highest BCUT2D eigenvalue weighted by atomic mass is 79.9. The largest absolute Gasteiger partial charge is 0.488 e. The van der Waals surface area contributed by atoms with Gasteiger partial charge in [0.2, 0.25) is 0 Å². The molecular weight excluding hydrogens is 562 g/mol. The molecule has 38 heavy (non-hydrogen) atoms. The van der Waals surface area contributed by atoms with E-state index in [1.165, 1.54) is 49.6 Å². The van der Waals surface area contributed by atoms with Gasteiger partial charge in [0.25, 0.3) is 17.5 Å². The van der Waals surface area contributed by atoms with Crippen molar-refractivity contribution < 1.29 is 33.6 Å². The minimum Gasteiger partial charge on any atom is -0.488 e. The first kappa shape index (κ1) is 26.2. The molecule has 4 rings (SSSR count). The Labute approximate surface area is 223 Å². The molecule has 1 saturated heterocycles. The highest BCUT2D eigenvalue weighted by Gasteiger charge is 2.37. The third-order valence-corrected chi connectivity index (χ3v) is 5.95. The zero-order valence-corrected chi connectivity index (χ0v) is 21.3. The van der Waals surface area contributed by atoms with E-state index in [1.54, 1.807) is 30.3 Å². The quantitative estimate of drug-likeness (QED) is 0.142. The van der Waals surface area contributed by atoms with Crippen LogP contribution in [0.25, 0.3) is 6.08 Å². The summed E-state index contributed by atoms with van der Waals surface area (Å²) in [6, 6.07) is 15.4. The number of anilines is 1. The topological polar surface area (TPSA) is 145 Å². The number of nitrogens with one attached hydrogen (secondary N) is 1. The number of non-ortho nitro benzene ring substituents is 1. The molecule has 1 aliphatic rings. The number of nitro groups is 1. The van der Waals surface area contributed by atoms with Crippen molar-refractivity contribution >= 4 is 57.2 Å². The van der Waals surface area contributed by atoms with Crippen LogP contribution in [0.3, 0.4) is 0 Å². The Kier molecular flexibility index (Phi) is 7.63. The van der Waals surface area contributed by atoms with Crippen molar-refractivity contribution in [2.75, 3.05) is 12.0 Å². The second-order valence-corrected chi connectivity index (χ2v) is 8.81. The summed E-state index contributed by atoms with van der Waals surface area (Å²) in [5.74, 6) is -2.02. The number of esters is 1. The number of halogens is 1. The van der Waals surface area contributed by atoms with Gasteiger partial charge in [-0.25, -0.2) is 14.5 Å². The number of methoxy groups -OCH3 is 1. The van der Waals surface area contributed by atoms with Crippen LogP contribution >= 0.6 is 15.9 Å². The van der Waals surface area contributed by atoms with Crippen LogP contribution in [0.1, 0.15) is 21.5 Å². The summed E-state index contributed by atoms with van der Waals surface area (Å²) in [7, 11) is 1.23. The highest BCUT2D eigenvalue weighted by molar-refractivity contribution is 9.10. The molecule has 0 aliphatic carbocycles. The minimum absolute atomic E-state index is 0.0522. The molecule has 3 aromatic rings. The fourth-order valence-electron chi connectivity index (χ4n) is 3.55. The standard InChI is InChI=1S/C26H18BrN3O8/c1-37-25(33)16-4-9-19(10-5-16)29-24(32)21(23(31)28-26(29)34)13-17-12-18(27)6-11-22(17)38-14-15-2-7-20(8-3-15)30(35)36/h2-13H,14H2,1H3,(H,28,31,34)/b21-13+. The number of amides is 4. The van der Waals surface area contributed by atoms with Crippen LogP contribution in [0.2, 0.25) is 0 Å². The maximum absolute atomic E-state index is 13.3. The summed E-state index contributed by atoms with van der Waals surface area (Å²) < 4.78 is 11.2. The Bertz CT molecular complexity index is 1480. The van der Waals surface area contributed by atoms with Crippen molar-refractivity contribution in [1.29, 1.82) is 0 Å². The van der Waals surface area contributed by atoms with E-state index in [1.807, 2.05) is 0 Å². The molecule has 0 radical (unpaired) electrons. The SMILES string of the molecule is COC(=O)c1ccc(N2C(=O)NC(=O)/C(=C\c3cc(Br)ccc3OCc3ccc([N+](=O)[O-])cc3)C2=O)cc1. The summed E-state index contributed by atoms with van der Waals surface area (Å²) in [6.45, 7) is 0.0626. The lowest BCUT2D eigenvalue weighted by Gasteiger charge is -2.26. The third-order valence-electron chi connectivity index (χ3n) is 5.46. The van der Waals surface area contributed by atoms with Crippen LogP contribution in [0, 0.1) is 10.1 Å². The van der Waals surface area contributed by atoms with Gasteiger partial charge in [0.15, 0.2) is 0 Å². The summed E-state index contributed by atoms with van der Waals surface area (Å²) in [5.41, 5.74) is 1.02. The monoisotopic (exact) mass is 579 g/mol. The lowest BCUT2D eigenvalue weighted by atomic mass is 10.1. The summed E-state index contributed by atoms with van der Waals surface area (Å²) in [6.07, 6.45) is 1.30. The first-order valence-corrected chi connectivity index (χ1v) is 11.7. The van der Waals surface area contributed by atoms with Crippen LogP contribution in [0.15, 0.2) is 76.8 Å². The Hall–Kier alpha value is -4.84. The molecule has 12 heteroatoms. The Balaban J connectivity index is 1.62. The number of hydrogen-bond donors (Lipinski definition) is 1. The Morgan fingerprint density at radius 2 is 1.74 bits per heavy atom. The fraction of sp³-hybridized carbons (Fsp3) is 0.0769. The molecule has 1 N–H and O–H groups in total. The summed E-state index contributed by atoms with van der Waals surface area (Å²) in [5, 5.41) is 13.0. The predicted molar refractivity (Wildman–Crippen MR) is 138 cm³/mol. The average Bonchev–Trinajstić information content (AvgIpc) is 2.90. The number of barbiturate groups is 1. The number of ether oxygens (including phenoxy) is 2. The number of nitro benzene ring substituents is 1. The van der Waals surface area contributed by atoms with Crippen LogP contribution in [0.5, 0.6) is 5.75 Å². The molecule has 3 aromatic carbocycles. The molecule has 0 spiro atoms. The molecule has 0 unspecified atom stereocenters. The van der Waals surface area contributed by atoms with Crippen molar-refractivity contribution in [3.8, 4) is 5.75 Å². The Morgan fingerprint density at radius 1 is 1.05 bits per heavy atom. The zero-order chi connectivity index (χ0) is 27.4. The number of hydrogen-bond acceptors (Lipinski definition) is 8. The number of benzene rings is 3. The minimum atomic E-state index is -0.938. The van der Waals surface area contributed by atoms with E-state index in [4.69, 9.17) is 4.74 Å². The molecule has 1 aliphatic heterocycles. The fourth-order valence-corrected chi connectivity index (χ4v) is 3.93. The van der Waals surface area contributed by atoms with Crippen LogP contribution in [-0.4, -0.2) is 35.8 Å². The van der Waals surface area contributed by atoms with Gasteiger partial charge in [-0.1, -0.05) is 15.9 Å². The van der Waals surface area contributed by atoms with Crippen molar-refractivity contribution in [3.05, 3.63) is 104 Å². The normalized spacial score (nSPS) is 14.3. The summed E-state index contributed by atoms with van der Waals surface area (Å²) >= 11 is 3.35. The maximum atomic E-state index is 13.3. The third kappa shape index (κ3) is 5.60. The number of carbonyl (C=O) groups is 4. The van der Waals surface area contributed by atoms with Gasteiger partial charge in [-0.05, 0) is 66.2 Å². The van der Waals surface area contributed by atoms with Gasteiger partial charge in [-0.2, -0.15) is 0 Å². The predicted octanol–water partition coefficient (Wildman–Crippen LogP) is 4.39. The van der Waals surface area contributed by atoms with Gasteiger partial charge in [0.1, 0.15) is 17.9 Å². The number of carbonyl (C=O) groups excluding carboxylic acids is 4. The van der Waals surface area contributed by atoms with E-state index < -0.39 is 28.7 Å². The van der Waals surface area contributed by atoms with Gasteiger partial charge < -0.3 is 9.47 Å². The van der Waals surface area contributed by atoms with Crippen molar-refractivity contribution in [2.24, 2.45) is 0 Å². The maximum Gasteiger partial charge on any atom is 0.337 e. The lowest BCUT2D eigenvalue weighted by molar-refractivity contribution is -0.384. The number of nitrogens with zero attached hydrogens (tertiary/aromatic N) is 2. The van der Waals surface area contributed by atoms with Crippen molar-refractivity contribution in [1.82, 2.24) is 5.32 Å². The molecular formula is C26H18BrN3O8. The molecule has 0 atom stereocenters. The van der Waals surface area contributed by atoms with Gasteiger partial charge in [-0.15, -0.1) is 0 Å². The van der Waals surface area contributed by atoms with Gasteiger partial charge in [-0.3, -0.25) is 25.0 Å². The highest BCUT2D eigenvalue weighted by Crippen LogP contribution is 2.29. The molecule has 0 aromatic heterocycles. The van der Waals surface area contributed by atoms with Crippen LogP contribution in [-0.2, 0) is 20.9 Å². The second-order valence-electron chi connectivity index (χ2n) is 7.89. The van der Waals surface area contributed by atoms with Gasteiger partial charge in [0.05, 0.1) is 23.3 Å². The van der Waals surface area contributed by atoms with E-state index >= 15 is 0 Å². The van der Waals surface area contributed by atoms with E-state index in [2.05, 4.69) is 26.0 Å².